The van der Waals surface area contributed by atoms with Crippen LogP contribution in [0.1, 0.15) is 35.8 Å². The number of nitrogens with one attached hydrogen (secondary N) is 1. The number of rotatable bonds is 4. The highest BCUT2D eigenvalue weighted by Crippen LogP contribution is 2.31. The highest BCUT2D eigenvalue weighted by atomic mass is 16.3. The number of oxazole rings is 1. The molecule has 9 heteroatoms. The van der Waals surface area contributed by atoms with Crippen molar-refractivity contribution in [3.63, 3.8) is 0 Å². The molecule has 0 saturated heterocycles. The van der Waals surface area contributed by atoms with Gasteiger partial charge in [0.2, 0.25) is 5.89 Å². The minimum atomic E-state index is -0.310. The molecular formula is C20H19N7O2. The van der Waals surface area contributed by atoms with Crippen molar-refractivity contribution in [2.24, 2.45) is 5.73 Å². The summed E-state index contributed by atoms with van der Waals surface area (Å²) in [7, 11) is 0. The molecule has 0 bridgehead atoms. The average molecular weight is 389 g/mol. The predicted molar refractivity (Wildman–Crippen MR) is 106 cm³/mol. The van der Waals surface area contributed by atoms with Crippen LogP contribution in [0, 0.1) is 0 Å². The van der Waals surface area contributed by atoms with Crippen LogP contribution >= 0.6 is 0 Å². The third kappa shape index (κ3) is 3.25. The van der Waals surface area contributed by atoms with Crippen molar-refractivity contribution in [2.75, 3.05) is 5.32 Å². The van der Waals surface area contributed by atoms with Crippen LogP contribution in [0.4, 0.5) is 5.69 Å². The monoisotopic (exact) mass is 389 g/mol. The fourth-order valence-electron chi connectivity index (χ4n) is 3.77. The maximum absolute atomic E-state index is 12.9. The van der Waals surface area contributed by atoms with E-state index in [0.29, 0.717) is 28.3 Å². The summed E-state index contributed by atoms with van der Waals surface area (Å²) in [6.45, 7) is 0. The zero-order chi connectivity index (χ0) is 19.8. The summed E-state index contributed by atoms with van der Waals surface area (Å²) in [4.78, 5) is 25.5. The number of carbonyl (C=O) groups excluding carboxylic acids is 1. The number of hydrogen-bond donors (Lipinski definition) is 2. The maximum Gasteiger partial charge on any atom is 0.276 e. The Morgan fingerprint density at radius 3 is 2.79 bits per heavy atom. The summed E-state index contributed by atoms with van der Waals surface area (Å²) in [6, 6.07) is 7.55. The van der Waals surface area contributed by atoms with E-state index in [-0.39, 0.29) is 18.0 Å². The van der Waals surface area contributed by atoms with Gasteiger partial charge in [-0.05, 0) is 43.5 Å². The first kappa shape index (κ1) is 17.5. The number of amides is 1. The Morgan fingerprint density at radius 2 is 2.07 bits per heavy atom. The van der Waals surface area contributed by atoms with Crippen LogP contribution in [-0.4, -0.2) is 36.7 Å². The van der Waals surface area contributed by atoms with Crippen molar-refractivity contribution in [2.45, 2.75) is 31.3 Å². The van der Waals surface area contributed by atoms with Gasteiger partial charge in [-0.2, -0.15) is 5.10 Å². The van der Waals surface area contributed by atoms with Crippen LogP contribution in [0.2, 0.25) is 0 Å². The summed E-state index contributed by atoms with van der Waals surface area (Å²) < 4.78 is 7.11. The van der Waals surface area contributed by atoms with Gasteiger partial charge in [-0.1, -0.05) is 0 Å². The summed E-state index contributed by atoms with van der Waals surface area (Å²) in [5, 5.41) is 8.10. The molecule has 0 aliphatic heterocycles. The molecule has 3 heterocycles. The summed E-state index contributed by atoms with van der Waals surface area (Å²) in [5.74, 6) is 0.217. The lowest BCUT2D eigenvalue weighted by molar-refractivity contribution is 0.102. The Kier molecular flexibility index (Phi) is 4.28. The number of hydrogen-bond acceptors (Lipinski definition) is 7. The van der Waals surface area contributed by atoms with Crippen LogP contribution in [-0.2, 0) is 0 Å². The molecule has 9 nitrogen and oxygen atoms in total. The molecule has 2 atom stereocenters. The van der Waals surface area contributed by atoms with Crippen LogP contribution in [0.5, 0.6) is 0 Å². The van der Waals surface area contributed by atoms with E-state index in [1.165, 1.54) is 12.6 Å². The fourth-order valence-corrected chi connectivity index (χ4v) is 3.77. The number of nitrogens with zero attached hydrogens (tertiary/aromatic N) is 5. The summed E-state index contributed by atoms with van der Waals surface area (Å²) in [5.41, 5.74) is 8.49. The fraction of sp³-hybridized carbons (Fsp3) is 0.250. The summed E-state index contributed by atoms with van der Waals surface area (Å²) >= 11 is 0. The molecule has 1 amide bonds. The number of benzene rings is 1. The van der Waals surface area contributed by atoms with Gasteiger partial charge in [-0.15, -0.1) is 0 Å². The molecule has 29 heavy (non-hydrogen) atoms. The molecule has 1 fully saturated rings. The van der Waals surface area contributed by atoms with Crippen LogP contribution < -0.4 is 11.1 Å². The van der Waals surface area contributed by atoms with Gasteiger partial charge in [0.1, 0.15) is 12.6 Å². The summed E-state index contributed by atoms with van der Waals surface area (Å²) in [6.07, 6.45) is 8.89. The number of anilines is 1. The standard InChI is InChI=1S/C20H19N7O2/c21-13-3-6-15(9-13)27-18-16(10-22-11-24-18)17(26-27)19(28)25-14-4-1-12(2-5-14)20-23-7-8-29-20/h1-2,4-5,7-8,10-11,13,15H,3,6,9,21H2,(H,25,28). The molecule has 1 aliphatic rings. The van der Waals surface area contributed by atoms with Crippen molar-refractivity contribution < 1.29 is 9.21 Å². The number of aromatic nitrogens is 5. The van der Waals surface area contributed by atoms with E-state index in [2.05, 4.69) is 25.4 Å². The lowest BCUT2D eigenvalue weighted by atomic mass is 10.2. The molecule has 5 rings (SSSR count). The normalized spacial score (nSPS) is 18.9. The van der Waals surface area contributed by atoms with Gasteiger partial charge >= 0.3 is 0 Å². The topological polar surface area (TPSA) is 125 Å². The van der Waals surface area contributed by atoms with Crippen molar-refractivity contribution in [3.8, 4) is 11.5 Å². The highest BCUT2D eigenvalue weighted by Gasteiger charge is 2.28. The minimum Gasteiger partial charge on any atom is -0.445 e. The van der Waals surface area contributed by atoms with Crippen LogP contribution in [0.15, 0.2) is 53.7 Å². The van der Waals surface area contributed by atoms with Gasteiger partial charge in [0.25, 0.3) is 5.91 Å². The van der Waals surface area contributed by atoms with Crippen molar-refractivity contribution >= 4 is 22.6 Å². The van der Waals surface area contributed by atoms with E-state index in [1.54, 1.807) is 24.5 Å². The van der Waals surface area contributed by atoms with Crippen molar-refractivity contribution in [1.29, 1.82) is 0 Å². The molecule has 0 spiro atoms. The van der Waals surface area contributed by atoms with E-state index in [0.717, 1.165) is 24.8 Å². The van der Waals surface area contributed by atoms with Gasteiger partial charge in [0.05, 0.1) is 17.6 Å². The second-order valence-corrected chi connectivity index (χ2v) is 7.15. The van der Waals surface area contributed by atoms with E-state index in [9.17, 15) is 4.79 Å². The van der Waals surface area contributed by atoms with Crippen LogP contribution in [0.3, 0.4) is 0 Å². The van der Waals surface area contributed by atoms with E-state index < -0.39 is 0 Å². The molecule has 2 unspecified atom stereocenters. The first-order chi connectivity index (χ1) is 14.2. The molecule has 3 aromatic heterocycles. The maximum atomic E-state index is 12.9. The first-order valence-electron chi connectivity index (χ1n) is 9.44. The van der Waals surface area contributed by atoms with Gasteiger partial charge in [0.15, 0.2) is 11.3 Å². The largest absolute Gasteiger partial charge is 0.445 e. The molecule has 0 radical (unpaired) electrons. The molecule has 4 aromatic rings. The van der Waals surface area contributed by atoms with Gasteiger partial charge < -0.3 is 15.5 Å². The van der Waals surface area contributed by atoms with Gasteiger partial charge in [-0.3, -0.25) is 4.79 Å². The Balaban J connectivity index is 1.42. The Morgan fingerprint density at radius 1 is 1.21 bits per heavy atom. The minimum absolute atomic E-state index is 0.143. The van der Waals surface area contributed by atoms with Crippen molar-refractivity contribution in [3.05, 3.63) is 54.9 Å². The van der Waals surface area contributed by atoms with Gasteiger partial charge in [0, 0.05) is 23.5 Å². The van der Waals surface area contributed by atoms with E-state index in [1.807, 2.05) is 16.8 Å². The highest BCUT2D eigenvalue weighted by molar-refractivity contribution is 6.10. The van der Waals surface area contributed by atoms with E-state index in [4.69, 9.17) is 10.2 Å². The first-order valence-corrected chi connectivity index (χ1v) is 9.44. The number of nitrogens with two attached hydrogens (primary N) is 1. The molecule has 146 valence electrons. The molecular weight excluding hydrogens is 370 g/mol. The molecule has 1 aromatic carbocycles. The second-order valence-electron chi connectivity index (χ2n) is 7.15. The quantitative estimate of drug-likeness (QED) is 0.550. The third-order valence-electron chi connectivity index (χ3n) is 5.20. The molecule has 1 aliphatic carbocycles. The van der Waals surface area contributed by atoms with E-state index >= 15 is 0 Å². The predicted octanol–water partition coefficient (Wildman–Crippen LogP) is 2.79. The van der Waals surface area contributed by atoms with Gasteiger partial charge in [-0.25, -0.2) is 19.6 Å². The third-order valence-corrected chi connectivity index (χ3v) is 5.20. The number of fused-ring (bicyclic) bond motifs is 1. The smallest absolute Gasteiger partial charge is 0.276 e. The average Bonchev–Trinajstić information content (AvgIpc) is 3.48. The lowest BCUT2D eigenvalue weighted by Crippen LogP contribution is -2.17. The Bertz CT molecular complexity index is 1150. The van der Waals surface area contributed by atoms with Crippen molar-refractivity contribution in [1.82, 2.24) is 24.7 Å². The zero-order valence-corrected chi connectivity index (χ0v) is 15.5. The zero-order valence-electron chi connectivity index (χ0n) is 15.5. The Hall–Kier alpha value is -3.59. The van der Waals surface area contributed by atoms with Crippen LogP contribution in [0.25, 0.3) is 22.5 Å². The molecule has 3 N–H and O–H groups in total. The Labute approximate surface area is 166 Å². The number of carbonyl (C=O) groups is 1. The lowest BCUT2D eigenvalue weighted by Gasteiger charge is -2.10. The SMILES string of the molecule is NC1CCC(n2nc(C(=O)Nc3ccc(-c4ncco4)cc3)c3cncnc32)C1. The molecule has 1 saturated carbocycles. The second kappa shape index (κ2) is 7.10.